The molecule has 1 heterocycles. The van der Waals surface area contributed by atoms with Crippen LogP contribution in [0.1, 0.15) is 29.7 Å². The number of hydrogen-bond donors (Lipinski definition) is 1. The van der Waals surface area contributed by atoms with Gasteiger partial charge in [-0.1, -0.05) is 42.8 Å². The molecule has 0 saturated carbocycles. The van der Waals surface area contributed by atoms with Gasteiger partial charge in [0.1, 0.15) is 6.10 Å². The predicted octanol–water partition coefficient (Wildman–Crippen LogP) is 3.38. The van der Waals surface area contributed by atoms with E-state index in [9.17, 15) is 5.11 Å². The molecule has 2 rings (SSSR count). The topological polar surface area (TPSA) is 33.1 Å². The minimum atomic E-state index is -0.720. The smallest absolute Gasteiger partial charge is 0.107 e. The summed E-state index contributed by atoms with van der Waals surface area (Å²) in [4.78, 5) is 3.98. The Bertz CT molecular complexity index is 496. The van der Waals surface area contributed by atoms with Crippen molar-refractivity contribution in [3.05, 3.63) is 64.4 Å². The fourth-order valence-electron chi connectivity index (χ4n) is 1.71. The van der Waals surface area contributed by atoms with Gasteiger partial charge in [0.05, 0.1) is 0 Å². The van der Waals surface area contributed by atoms with E-state index in [2.05, 4.69) is 11.9 Å². The lowest BCUT2D eigenvalue weighted by atomic mass is 10.0. The maximum absolute atomic E-state index is 10.2. The Morgan fingerprint density at radius 1 is 1.24 bits per heavy atom. The average molecular weight is 248 g/mol. The lowest BCUT2D eigenvalue weighted by molar-refractivity contribution is 0.220. The molecule has 88 valence electrons. The normalized spacial score (nSPS) is 12.4. The molecule has 0 radical (unpaired) electrons. The van der Waals surface area contributed by atoms with E-state index in [4.69, 9.17) is 11.6 Å². The van der Waals surface area contributed by atoms with Gasteiger partial charge >= 0.3 is 0 Å². The van der Waals surface area contributed by atoms with Crippen LogP contribution in [0.5, 0.6) is 0 Å². The van der Waals surface area contributed by atoms with Gasteiger partial charge < -0.3 is 5.11 Å². The number of aliphatic hydroxyl groups is 1. The van der Waals surface area contributed by atoms with E-state index in [1.165, 1.54) is 5.56 Å². The molecule has 0 spiro atoms. The summed E-state index contributed by atoms with van der Waals surface area (Å²) in [6.07, 6.45) is 3.48. The molecule has 0 aliphatic heterocycles. The summed E-state index contributed by atoms with van der Waals surface area (Å²) in [6.45, 7) is 2.10. The lowest BCUT2D eigenvalue weighted by Crippen LogP contribution is -2.01. The Hall–Kier alpha value is -1.38. The minimum Gasteiger partial charge on any atom is -0.384 e. The van der Waals surface area contributed by atoms with Crippen molar-refractivity contribution in [2.45, 2.75) is 19.4 Å². The number of aliphatic hydroxyl groups excluding tert-OH is 1. The van der Waals surface area contributed by atoms with Gasteiger partial charge in [-0.2, -0.15) is 0 Å². The van der Waals surface area contributed by atoms with E-state index < -0.39 is 6.10 Å². The summed E-state index contributed by atoms with van der Waals surface area (Å²) >= 11 is 6.03. The van der Waals surface area contributed by atoms with Crippen molar-refractivity contribution in [3.8, 4) is 0 Å². The van der Waals surface area contributed by atoms with Crippen molar-refractivity contribution in [2.24, 2.45) is 0 Å². The number of nitrogens with zero attached hydrogens (tertiary/aromatic N) is 1. The molecule has 1 aromatic carbocycles. The Labute approximate surface area is 106 Å². The van der Waals surface area contributed by atoms with Crippen molar-refractivity contribution >= 4 is 11.6 Å². The predicted molar refractivity (Wildman–Crippen MR) is 69.1 cm³/mol. The van der Waals surface area contributed by atoms with Crippen LogP contribution < -0.4 is 0 Å². The highest BCUT2D eigenvalue weighted by Gasteiger charge is 2.13. The van der Waals surface area contributed by atoms with Crippen molar-refractivity contribution in [2.75, 3.05) is 0 Å². The van der Waals surface area contributed by atoms with Gasteiger partial charge in [0.2, 0.25) is 0 Å². The SMILES string of the molecule is CCc1ccc(C(O)c2cnccc2Cl)cc1. The average Bonchev–Trinajstić information content (AvgIpc) is 2.39. The van der Waals surface area contributed by atoms with Crippen LogP contribution in [-0.2, 0) is 6.42 Å². The molecule has 0 aliphatic carbocycles. The van der Waals surface area contributed by atoms with Gasteiger partial charge in [-0.15, -0.1) is 0 Å². The molecule has 2 nitrogen and oxygen atoms in total. The van der Waals surface area contributed by atoms with Crippen LogP contribution in [0.4, 0.5) is 0 Å². The zero-order chi connectivity index (χ0) is 12.3. The maximum Gasteiger partial charge on any atom is 0.107 e. The van der Waals surface area contributed by atoms with Crippen LogP contribution in [0.15, 0.2) is 42.7 Å². The van der Waals surface area contributed by atoms with Crippen molar-refractivity contribution in [3.63, 3.8) is 0 Å². The van der Waals surface area contributed by atoms with Crippen molar-refractivity contribution < 1.29 is 5.11 Å². The third-order valence-electron chi connectivity index (χ3n) is 2.79. The lowest BCUT2D eigenvalue weighted by Gasteiger charge is -2.12. The molecule has 0 saturated heterocycles. The van der Waals surface area contributed by atoms with E-state index in [-0.39, 0.29) is 0 Å². The van der Waals surface area contributed by atoms with Crippen LogP contribution in [-0.4, -0.2) is 10.1 Å². The number of halogens is 1. The summed E-state index contributed by atoms with van der Waals surface area (Å²) in [6, 6.07) is 9.56. The number of aryl methyl sites for hydroxylation is 1. The van der Waals surface area contributed by atoms with Crippen molar-refractivity contribution in [1.29, 1.82) is 0 Å². The molecular weight excluding hydrogens is 234 g/mol. The Balaban J connectivity index is 2.30. The first kappa shape index (κ1) is 12.1. The molecule has 0 fully saturated rings. The fourth-order valence-corrected chi connectivity index (χ4v) is 1.91. The van der Waals surface area contributed by atoms with Crippen LogP contribution in [0, 0.1) is 0 Å². The Kier molecular flexibility index (Phi) is 3.77. The van der Waals surface area contributed by atoms with Crippen molar-refractivity contribution in [1.82, 2.24) is 4.98 Å². The maximum atomic E-state index is 10.2. The van der Waals surface area contributed by atoms with Crippen LogP contribution in [0.25, 0.3) is 0 Å². The molecule has 3 heteroatoms. The van der Waals surface area contributed by atoms with E-state index in [0.29, 0.717) is 10.6 Å². The molecule has 1 N–H and O–H groups in total. The van der Waals surface area contributed by atoms with Gasteiger partial charge in [-0.3, -0.25) is 4.98 Å². The van der Waals surface area contributed by atoms with Gasteiger partial charge in [-0.25, -0.2) is 0 Å². The molecule has 17 heavy (non-hydrogen) atoms. The van der Waals surface area contributed by atoms with E-state index >= 15 is 0 Å². The first-order chi connectivity index (χ1) is 8.22. The second kappa shape index (κ2) is 5.30. The zero-order valence-electron chi connectivity index (χ0n) is 9.60. The van der Waals surface area contributed by atoms with E-state index in [1.54, 1.807) is 18.5 Å². The van der Waals surface area contributed by atoms with E-state index in [0.717, 1.165) is 12.0 Å². The monoisotopic (exact) mass is 247 g/mol. The third-order valence-corrected chi connectivity index (χ3v) is 3.14. The van der Waals surface area contributed by atoms with Gasteiger partial charge in [-0.05, 0) is 23.6 Å². The molecule has 1 unspecified atom stereocenters. The number of hydrogen-bond acceptors (Lipinski definition) is 2. The second-order valence-corrected chi connectivity index (χ2v) is 4.30. The summed E-state index contributed by atoms with van der Waals surface area (Å²) in [7, 11) is 0. The molecule has 0 amide bonds. The quantitative estimate of drug-likeness (QED) is 0.902. The second-order valence-electron chi connectivity index (χ2n) is 3.89. The molecule has 1 aromatic heterocycles. The molecule has 0 aliphatic rings. The number of aromatic nitrogens is 1. The number of rotatable bonds is 3. The van der Waals surface area contributed by atoms with Gasteiger partial charge in [0, 0.05) is 23.0 Å². The minimum absolute atomic E-state index is 0.534. The number of pyridine rings is 1. The van der Waals surface area contributed by atoms with Gasteiger partial charge in [0.15, 0.2) is 0 Å². The van der Waals surface area contributed by atoms with Crippen LogP contribution in [0.2, 0.25) is 5.02 Å². The highest BCUT2D eigenvalue weighted by Crippen LogP contribution is 2.27. The molecular formula is C14H14ClNO. The number of benzene rings is 1. The van der Waals surface area contributed by atoms with Crippen LogP contribution in [0.3, 0.4) is 0 Å². The Morgan fingerprint density at radius 2 is 1.94 bits per heavy atom. The standard InChI is InChI=1S/C14H14ClNO/c1-2-10-3-5-11(6-4-10)14(17)12-9-16-8-7-13(12)15/h3-9,14,17H,2H2,1H3. The first-order valence-electron chi connectivity index (χ1n) is 5.58. The highest BCUT2D eigenvalue weighted by atomic mass is 35.5. The summed E-state index contributed by atoms with van der Waals surface area (Å²) in [5.74, 6) is 0. The fraction of sp³-hybridized carbons (Fsp3) is 0.214. The summed E-state index contributed by atoms with van der Waals surface area (Å²) in [5, 5.41) is 10.7. The summed E-state index contributed by atoms with van der Waals surface area (Å²) in [5.41, 5.74) is 2.72. The molecule has 0 bridgehead atoms. The first-order valence-corrected chi connectivity index (χ1v) is 5.96. The van der Waals surface area contributed by atoms with Gasteiger partial charge in [0.25, 0.3) is 0 Å². The summed E-state index contributed by atoms with van der Waals surface area (Å²) < 4.78 is 0. The zero-order valence-corrected chi connectivity index (χ0v) is 10.4. The molecule has 1 atom stereocenters. The highest BCUT2D eigenvalue weighted by molar-refractivity contribution is 6.31. The largest absolute Gasteiger partial charge is 0.384 e. The molecule has 2 aromatic rings. The Morgan fingerprint density at radius 3 is 2.53 bits per heavy atom. The third kappa shape index (κ3) is 2.65. The van der Waals surface area contributed by atoms with Crippen LogP contribution >= 0.6 is 11.6 Å². The van der Waals surface area contributed by atoms with E-state index in [1.807, 2.05) is 24.3 Å².